The number of hydrogen-bond acceptors (Lipinski definition) is 5. The molecule has 0 radical (unpaired) electrons. The Morgan fingerprint density at radius 2 is 1.68 bits per heavy atom. The topological polar surface area (TPSA) is 96.4 Å². The van der Waals surface area contributed by atoms with E-state index >= 15 is 0 Å². The quantitative estimate of drug-likeness (QED) is 0.140. The van der Waals surface area contributed by atoms with Crippen LogP contribution in [0.4, 0.5) is 0 Å². The molecule has 1 heterocycles. The fourth-order valence-electron chi connectivity index (χ4n) is 3.54. The standard InChI is InChI=1S/C28H18Cl2N4O3/c29-20-9-13-25(22(30)15-20)37-21-10-6-17(7-11-21)16-31-34-28(36)27-32-23-12-8-19(14-24(23)33-27)26(35)18-4-2-1-3-5-18/h1-16H,(H,32,33)(H,34,36)/b31-16+. The van der Waals surface area contributed by atoms with Gasteiger partial charge in [0.2, 0.25) is 0 Å². The van der Waals surface area contributed by atoms with Crippen molar-refractivity contribution in [2.24, 2.45) is 5.10 Å². The number of ketones is 1. The van der Waals surface area contributed by atoms with E-state index in [1.807, 2.05) is 18.2 Å². The van der Waals surface area contributed by atoms with Gasteiger partial charge in [-0.3, -0.25) is 9.59 Å². The first-order valence-corrected chi connectivity index (χ1v) is 11.9. The summed E-state index contributed by atoms with van der Waals surface area (Å²) in [5.74, 6) is 0.529. The van der Waals surface area contributed by atoms with Gasteiger partial charge < -0.3 is 9.72 Å². The van der Waals surface area contributed by atoms with E-state index in [1.165, 1.54) is 6.21 Å². The number of aromatic amines is 1. The van der Waals surface area contributed by atoms with E-state index in [1.54, 1.807) is 72.8 Å². The zero-order valence-electron chi connectivity index (χ0n) is 19.1. The monoisotopic (exact) mass is 528 g/mol. The molecule has 0 aliphatic rings. The van der Waals surface area contributed by atoms with Crippen LogP contribution < -0.4 is 10.2 Å². The Balaban J connectivity index is 1.22. The number of hydrazone groups is 1. The van der Waals surface area contributed by atoms with Gasteiger partial charge in [0.1, 0.15) is 11.5 Å². The third kappa shape index (κ3) is 5.69. The zero-order valence-corrected chi connectivity index (χ0v) is 20.6. The van der Waals surface area contributed by atoms with Crippen LogP contribution in [0.1, 0.15) is 32.1 Å². The van der Waals surface area contributed by atoms with E-state index in [2.05, 4.69) is 20.5 Å². The molecule has 0 aliphatic carbocycles. The van der Waals surface area contributed by atoms with Gasteiger partial charge in [-0.1, -0.05) is 53.5 Å². The highest BCUT2D eigenvalue weighted by Crippen LogP contribution is 2.31. The zero-order chi connectivity index (χ0) is 25.8. The van der Waals surface area contributed by atoms with Crippen LogP contribution in [0.25, 0.3) is 11.0 Å². The van der Waals surface area contributed by atoms with E-state index in [-0.39, 0.29) is 11.6 Å². The molecule has 5 aromatic rings. The van der Waals surface area contributed by atoms with Gasteiger partial charge in [-0.15, -0.1) is 0 Å². The van der Waals surface area contributed by atoms with Gasteiger partial charge >= 0.3 is 5.91 Å². The molecule has 7 nitrogen and oxygen atoms in total. The number of amides is 1. The largest absolute Gasteiger partial charge is 0.456 e. The normalized spacial score (nSPS) is 11.1. The Bertz CT molecular complexity index is 1630. The van der Waals surface area contributed by atoms with Crippen molar-refractivity contribution in [1.82, 2.24) is 15.4 Å². The number of H-pyrrole nitrogens is 1. The summed E-state index contributed by atoms with van der Waals surface area (Å²) in [6, 6.07) is 26.1. The first kappa shape index (κ1) is 24.2. The van der Waals surface area contributed by atoms with Crippen molar-refractivity contribution in [3.05, 3.63) is 124 Å². The molecule has 1 amide bonds. The number of fused-ring (bicyclic) bond motifs is 1. The molecule has 9 heteroatoms. The summed E-state index contributed by atoms with van der Waals surface area (Å²) in [6.45, 7) is 0. The molecule has 0 aliphatic heterocycles. The average Bonchev–Trinajstić information content (AvgIpc) is 3.35. The van der Waals surface area contributed by atoms with E-state index in [0.29, 0.717) is 43.7 Å². The minimum Gasteiger partial charge on any atom is -0.456 e. The number of benzene rings is 4. The summed E-state index contributed by atoms with van der Waals surface area (Å²) in [7, 11) is 0. The van der Waals surface area contributed by atoms with Crippen LogP contribution >= 0.6 is 23.2 Å². The predicted octanol–water partition coefficient (Wildman–Crippen LogP) is 6.66. The summed E-state index contributed by atoms with van der Waals surface area (Å²) in [6.07, 6.45) is 1.50. The molecule has 0 saturated carbocycles. The Morgan fingerprint density at radius 1 is 0.892 bits per heavy atom. The number of nitrogens with zero attached hydrogens (tertiary/aromatic N) is 2. The predicted molar refractivity (Wildman–Crippen MR) is 144 cm³/mol. The highest BCUT2D eigenvalue weighted by Gasteiger charge is 2.14. The number of carbonyl (C=O) groups excluding carboxylic acids is 2. The summed E-state index contributed by atoms with van der Waals surface area (Å²) < 4.78 is 5.76. The highest BCUT2D eigenvalue weighted by atomic mass is 35.5. The molecule has 37 heavy (non-hydrogen) atoms. The van der Waals surface area contributed by atoms with Crippen LogP contribution in [0, 0.1) is 0 Å². The molecule has 182 valence electrons. The van der Waals surface area contributed by atoms with Gasteiger partial charge in [0.05, 0.1) is 22.3 Å². The second-order valence-electron chi connectivity index (χ2n) is 7.96. The Labute approximate surface area is 221 Å². The third-order valence-corrected chi connectivity index (χ3v) is 5.91. The van der Waals surface area contributed by atoms with Gasteiger partial charge in [0.15, 0.2) is 11.6 Å². The number of rotatable bonds is 7. The van der Waals surface area contributed by atoms with E-state index in [9.17, 15) is 9.59 Å². The van der Waals surface area contributed by atoms with Crippen LogP contribution in [0.3, 0.4) is 0 Å². The van der Waals surface area contributed by atoms with Crippen LogP contribution in [0.2, 0.25) is 10.0 Å². The second kappa shape index (κ2) is 10.7. The number of carbonyl (C=O) groups is 2. The number of hydrogen-bond donors (Lipinski definition) is 2. The van der Waals surface area contributed by atoms with Gasteiger partial charge in [0.25, 0.3) is 0 Å². The molecule has 0 fully saturated rings. The number of nitrogens with one attached hydrogen (secondary N) is 2. The van der Waals surface area contributed by atoms with Crippen LogP contribution in [0.5, 0.6) is 11.5 Å². The lowest BCUT2D eigenvalue weighted by atomic mass is 10.0. The van der Waals surface area contributed by atoms with Crippen LogP contribution in [0.15, 0.2) is 96.1 Å². The van der Waals surface area contributed by atoms with Gasteiger partial charge in [-0.05, 0) is 66.2 Å². The first-order chi connectivity index (χ1) is 18.0. The fraction of sp³-hybridized carbons (Fsp3) is 0. The Hall–Kier alpha value is -4.46. The summed E-state index contributed by atoms with van der Waals surface area (Å²) in [5, 5.41) is 4.93. The fourth-order valence-corrected chi connectivity index (χ4v) is 3.99. The smallest absolute Gasteiger partial charge is 0.307 e. The SMILES string of the molecule is O=C(c1ccccc1)c1ccc2nc(C(=O)N/N=C/c3ccc(Oc4ccc(Cl)cc4Cl)cc3)[nH]c2c1. The molecule has 0 atom stereocenters. The lowest BCUT2D eigenvalue weighted by Gasteiger charge is -2.07. The van der Waals surface area contributed by atoms with Gasteiger partial charge in [-0.25, -0.2) is 10.4 Å². The average molecular weight is 529 g/mol. The van der Waals surface area contributed by atoms with Crippen molar-refractivity contribution in [3.8, 4) is 11.5 Å². The Morgan fingerprint density at radius 3 is 2.43 bits per heavy atom. The van der Waals surface area contributed by atoms with E-state index in [4.69, 9.17) is 27.9 Å². The number of aromatic nitrogens is 2. The molecule has 5 rings (SSSR count). The van der Waals surface area contributed by atoms with Crippen LogP contribution in [-0.4, -0.2) is 27.9 Å². The lowest BCUT2D eigenvalue weighted by molar-refractivity contribution is 0.0945. The van der Waals surface area contributed by atoms with Crippen molar-refractivity contribution in [2.75, 3.05) is 0 Å². The maximum absolute atomic E-state index is 12.7. The summed E-state index contributed by atoms with van der Waals surface area (Å²) >= 11 is 12.0. The van der Waals surface area contributed by atoms with E-state index in [0.717, 1.165) is 5.56 Å². The third-order valence-electron chi connectivity index (χ3n) is 5.38. The molecular weight excluding hydrogens is 511 g/mol. The molecule has 1 aromatic heterocycles. The van der Waals surface area contributed by atoms with Gasteiger partial charge in [0, 0.05) is 16.1 Å². The molecule has 0 unspecified atom stereocenters. The van der Waals surface area contributed by atoms with Crippen molar-refractivity contribution in [2.45, 2.75) is 0 Å². The molecular formula is C28H18Cl2N4O3. The second-order valence-corrected chi connectivity index (χ2v) is 8.80. The molecule has 2 N–H and O–H groups in total. The molecule has 0 saturated heterocycles. The minimum atomic E-state index is -0.513. The maximum Gasteiger partial charge on any atom is 0.307 e. The molecule has 4 aromatic carbocycles. The van der Waals surface area contributed by atoms with Crippen molar-refractivity contribution >= 4 is 52.1 Å². The van der Waals surface area contributed by atoms with Crippen LogP contribution in [-0.2, 0) is 0 Å². The molecule has 0 spiro atoms. The highest BCUT2D eigenvalue weighted by molar-refractivity contribution is 6.35. The molecule has 0 bridgehead atoms. The summed E-state index contributed by atoms with van der Waals surface area (Å²) in [5.41, 5.74) is 5.41. The maximum atomic E-state index is 12.7. The first-order valence-electron chi connectivity index (χ1n) is 11.1. The van der Waals surface area contributed by atoms with Crippen molar-refractivity contribution < 1.29 is 14.3 Å². The minimum absolute atomic E-state index is 0.0834. The van der Waals surface area contributed by atoms with Gasteiger partial charge in [-0.2, -0.15) is 5.10 Å². The lowest BCUT2D eigenvalue weighted by Crippen LogP contribution is -2.19. The van der Waals surface area contributed by atoms with Crippen molar-refractivity contribution in [3.63, 3.8) is 0 Å². The van der Waals surface area contributed by atoms with E-state index < -0.39 is 5.91 Å². The number of halogens is 2. The number of imidazole rings is 1. The van der Waals surface area contributed by atoms with Crippen molar-refractivity contribution in [1.29, 1.82) is 0 Å². The Kier molecular flexibility index (Phi) is 6.98. The summed E-state index contributed by atoms with van der Waals surface area (Å²) in [4.78, 5) is 32.5. The number of ether oxygens (including phenoxy) is 1.